The molecule has 1 aromatic carbocycles. The van der Waals surface area contributed by atoms with Crippen molar-refractivity contribution in [3.05, 3.63) is 52.4 Å². The third-order valence-corrected chi connectivity index (χ3v) is 4.95. The standard InChI is InChI=1S/C20H23F2N5O4/c1-11-16(12(2)31-25-11)20(30)27-7-3-6-26(18(27)17(28)24-5-4-23)19(29)13-8-14(21)10-15(22)9-13/h8-10,18H,3-7,23H2,1-2H3,(H,24,28). The summed E-state index contributed by atoms with van der Waals surface area (Å²) < 4.78 is 32.4. The number of nitrogens with zero attached hydrogens (tertiary/aromatic N) is 3. The van der Waals surface area contributed by atoms with Crippen LogP contribution in [0.4, 0.5) is 8.78 Å². The molecule has 1 unspecified atom stereocenters. The van der Waals surface area contributed by atoms with E-state index in [2.05, 4.69) is 10.5 Å². The molecule has 1 atom stereocenters. The van der Waals surface area contributed by atoms with Gasteiger partial charge in [-0.3, -0.25) is 14.4 Å². The molecule has 1 fully saturated rings. The fourth-order valence-electron chi connectivity index (χ4n) is 3.59. The van der Waals surface area contributed by atoms with Crippen molar-refractivity contribution < 1.29 is 27.7 Å². The van der Waals surface area contributed by atoms with Gasteiger partial charge in [0.1, 0.15) is 23.0 Å². The van der Waals surface area contributed by atoms with Crippen molar-refractivity contribution in [2.75, 3.05) is 26.2 Å². The van der Waals surface area contributed by atoms with Gasteiger partial charge >= 0.3 is 0 Å². The molecule has 0 radical (unpaired) electrons. The van der Waals surface area contributed by atoms with Gasteiger partial charge in [0.2, 0.25) is 0 Å². The van der Waals surface area contributed by atoms with E-state index >= 15 is 0 Å². The number of hydrogen-bond acceptors (Lipinski definition) is 6. The number of rotatable bonds is 5. The predicted molar refractivity (Wildman–Crippen MR) is 105 cm³/mol. The van der Waals surface area contributed by atoms with Gasteiger partial charge in [-0.15, -0.1) is 0 Å². The maximum Gasteiger partial charge on any atom is 0.263 e. The Morgan fingerprint density at radius 2 is 1.74 bits per heavy atom. The minimum Gasteiger partial charge on any atom is -0.361 e. The van der Waals surface area contributed by atoms with Crippen LogP contribution in [0.1, 0.15) is 38.6 Å². The summed E-state index contributed by atoms with van der Waals surface area (Å²) >= 11 is 0. The molecule has 3 amide bonds. The molecule has 1 saturated heterocycles. The highest BCUT2D eigenvalue weighted by molar-refractivity contribution is 6.02. The van der Waals surface area contributed by atoms with Crippen LogP contribution in [-0.2, 0) is 4.79 Å². The van der Waals surface area contributed by atoms with Crippen LogP contribution in [-0.4, -0.2) is 65.0 Å². The summed E-state index contributed by atoms with van der Waals surface area (Å²) in [6, 6.07) is 2.41. The Balaban J connectivity index is 2.00. The van der Waals surface area contributed by atoms with E-state index in [9.17, 15) is 23.2 Å². The summed E-state index contributed by atoms with van der Waals surface area (Å²) in [4.78, 5) is 41.7. The zero-order valence-electron chi connectivity index (χ0n) is 17.2. The smallest absolute Gasteiger partial charge is 0.263 e. The van der Waals surface area contributed by atoms with Gasteiger partial charge in [0, 0.05) is 37.8 Å². The first-order valence-electron chi connectivity index (χ1n) is 9.73. The van der Waals surface area contributed by atoms with Crippen LogP contribution in [0.15, 0.2) is 22.7 Å². The first-order chi connectivity index (χ1) is 14.7. The van der Waals surface area contributed by atoms with Crippen molar-refractivity contribution in [1.82, 2.24) is 20.3 Å². The minimum atomic E-state index is -1.33. The van der Waals surface area contributed by atoms with Gasteiger partial charge in [0.05, 0.1) is 5.69 Å². The second-order valence-electron chi connectivity index (χ2n) is 7.16. The van der Waals surface area contributed by atoms with Crippen LogP contribution < -0.4 is 11.1 Å². The number of halogens is 2. The lowest BCUT2D eigenvalue weighted by Gasteiger charge is -2.42. The van der Waals surface area contributed by atoms with E-state index in [1.54, 1.807) is 13.8 Å². The molecule has 11 heteroatoms. The molecule has 166 valence electrons. The third-order valence-electron chi connectivity index (χ3n) is 4.95. The highest BCUT2D eigenvalue weighted by atomic mass is 19.1. The van der Waals surface area contributed by atoms with E-state index in [4.69, 9.17) is 10.3 Å². The SMILES string of the molecule is Cc1noc(C)c1C(=O)N1CCCN(C(=O)c2cc(F)cc(F)c2)C1C(=O)NCCN. The van der Waals surface area contributed by atoms with Gasteiger partial charge in [-0.25, -0.2) is 8.78 Å². The molecule has 31 heavy (non-hydrogen) atoms. The second kappa shape index (κ2) is 9.21. The molecule has 2 heterocycles. The fourth-order valence-corrected chi connectivity index (χ4v) is 3.59. The number of aromatic nitrogens is 1. The monoisotopic (exact) mass is 435 g/mol. The Bertz CT molecular complexity index is 970. The normalized spacial score (nSPS) is 16.4. The fraction of sp³-hybridized carbons (Fsp3) is 0.400. The average Bonchev–Trinajstić information content (AvgIpc) is 3.07. The topological polar surface area (TPSA) is 122 Å². The molecule has 2 aromatic rings. The Kier molecular flexibility index (Phi) is 6.64. The van der Waals surface area contributed by atoms with Crippen molar-refractivity contribution in [3.8, 4) is 0 Å². The van der Waals surface area contributed by atoms with Crippen LogP contribution in [0.2, 0.25) is 0 Å². The molecule has 0 bridgehead atoms. The second-order valence-corrected chi connectivity index (χ2v) is 7.16. The number of benzene rings is 1. The third kappa shape index (κ3) is 4.55. The first-order valence-corrected chi connectivity index (χ1v) is 9.73. The zero-order chi connectivity index (χ0) is 22.7. The number of nitrogens with one attached hydrogen (secondary N) is 1. The van der Waals surface area contributed by atoms with Gasteiger partial charge in [-0.1, -0.05) is 5.16 Å². The highest BCUT2D eigenvalue weighted by Crippen LogP contribution is 2.24. The Morgan fingerprint density at radius 3 is 2.29 bits per heavy atom. The predicted octanol–water partition coefficient (Wildman–Crippen LogP) is 0.959. The molecule has 1 aliphatic heterocycles. The molecule has 1 aromatic heterocycles. The molecular formula is C20H23F2N5O4. The van der Waals surface area contributed by atoms with Gasteiger partial charge in [0.15, 0.2) is 6.17 Å². The maximum absolute atomic E-state index is 13.7. The molecule has 0 spiro atoms. The Hall–Kier alpha value is -3.34. The minimum absolute atomic E-state index is 0.114. The number of carbonyl (C=O) groups is 3. The van der Waals surface area contributed by atoms with Gasteiger partial charge in [0.25, 0.3) is 17.7 Å². The highest BCUT2D eigenvalue weighted by Gasteiger charge is 2.42. The summed E-state index contributed by atoms with van der Waals surface area (Å²) in [6.45, 7) is 3.74. The number of aryl methyl sites for hydroxylation is 2. The van der Waals surface area contributed by atoms with Gasteiger partial charge in [-0.05, 0) is 32.4 Å². The van der Waals surface area contributed by atoms with Crippen molar-refractivity contribution >= 4 is 17.7 Å². The van der Waals surface area contributed by atoms with E-state index in [1.165, 1.54) is 4.90 Å². The van der Waals surface area contributed by atoms with E-state index < -0.39 is 35.5 Å². The lowest BCUT2D eigenvalue weighted by atomic mass is 10.1. The summed E-state index contributed by atoms with van der Waals surface area (Å²) in [5.74, 6) is -3.51. The van der Waals surface area contributed by atoms with E-state index in [0.29, 0.717) is 18.2 Å². The molecule has 0 aliphatic carbocycles. The summed E-state index contributed by atoms with van der Waals surface area (Å²) in [7, 11) is 0. The summed E-state index contributed by atoms with van der Waals surface area (Å²) in [6.07, 6.45) is -0.973. The Labute approximate surface area is 177 Å². The van der Waals surface area contributed by atoms with E-state index in [-0.39, 0.29) is 43.1 Å². The number of nitrogens with two attached hydrogens (primary N) is 1. The van der Waals surface area contributed by atoms with Gasteiger partial charge < -0.3 is 25.4 Å². The molecule has 0 saturated carbocycles. The number of carbonyl (C=O) groups excluding carboxylic acids is 3. The largest absolute Gasteiger partial charge is 0.361 e. The summed E-state index contributed by atoms with van der Waals surface area (Å²) in [5, 5.41) is 6.35. The molecular weight excluding hydrogens is 412 g/mol. The number of amides is 3. The average molecular weight is 435 g/mol. The van der Waals surface area contributed by atoms with Crippen molar-refractivity contribution in [3.63, 3.8) is 0 Å². The number of hydrogen-bond donors (Lipinski definition) is 2. The maximum atomic E-state index is 13.7. The van der Waals surface area contributed by atoms with Crippen LogP contribution in [0.25, 0.3) is 0 Å². The van der Waals surface area contributed by atoms with Crippen molar-refractivity contribution in [1.29, 1.82) is 0 Å². The molecule has 3 N–H and O–H groups in total. The lowest BCUT2D eigenvalue weighted by molar-refractivity contribution is -0.132. The van der Waals surface area contributed by atoms with Crippen LogP contribution in [0.5, 0.6) is 0 Å². The summed E-state index contributed by atoms with van der Waals surface area (Å²) in [5.41, 5.74) is 5.74. The van der Waals surface area contributed by atoms with E-state index in [0.717, 1.165) is 17.0 Å². The molecule has 9 nitrogen and oxygen atoms in total. The van der Waals surface area contributed by atoms with Crippen molar-refractivity contribution in [2.24, 2.45) is 5.73 Å². The zero-order valence-corrected chi connectivity index (χ0v) is 17.2. The first kappa shape index (κ1) is 22.3. The Morgan fingerprint density at radius 1 is 1.13 bits per heavy atom. The van der Waals surface area contributed by atoms with E-state index in [1.807, 2.05) is 0 Å². The van der Waals surface area contributed by atoms with Crippen molar-refractivity contribution in [2.45, 2.75) is 26.4 Å². The van der Waals surface area contributed by atoms with Crippen LogP contribution >= 0.6 is 0 Å². The van der Waals surface area contributed by atoms with Crippen LogP contribution in [0, 0.1) is 25.5 Å². The quantitative estimate of drug-likeness (QED) is 0.722. The lowest BCUT2D eigenvalue weighted by Crippen LogP contribution is -2.63. The van der Waals surface area contributed by atoms with Crippen LogP contribution in [0.3, 0.4) is 0 Å². The molecule has 3 rings (SSSR count). The van der Waals surface area contributed by atoms with Gasteiger partial charge in [-0.2, -0.15) is 0 Å². The molecule has 1 aliphatic rings.